The maximum Gasteiger partial charge on any atom is 0.333 e. The van der Waals surface area contributed by atoms with E-state index in [2.05, 4.69) is 0 Å². The van der Waals surface area contributed by atoms with Crippen LogP contribution in [0.5, 0.6) is 11.5 Å². The quantitative estimate of drug-likeness (QED) is 0.474. The van der Waals surface area contributed by atoms with Gasteiger partial charge in [0, 0.05) is 11.4 Å². The molecule has 0 saturated heterocycles. The molecule has 0 aliphatic rings. The summed E-state index contributed by atoms with van der Waals surface area (Å²) in [6.07, 6.45) is -1.92. The molecule has 2 atom stereocenters. The van der Waals surface area contributed by atoms with E-state index >= 15 is 0 Å². The number of carboxylic acid groups (broad SMARTS) is 1. The van der Waals surface area contributed by atoms with Gasteiger partial charge >= 0.3 is 5.97 Å². The van der Waals surface area contributed by atoms with Crippen LogP contribution in [0.25, 0.3) is 0 Å². The van der Waals surface area contributed by atoms with Gasteiger partial charge in [-0.1, -0.05) is 23.7 Å². The minimum absolute atomic E-state index is 0.0443. The minimum atomic E-state index is -1.03. The van der Waals surface area contributed by atoms with E-state index in [-0.39, 0.29) is 31.5 Å². The van der Waals surface area contributed by atoms with Crippen LogP contribution in [0.2, 0.25) is 5.02 Å². The lowest BCUT2D eigenvalue weighted by atomic mass is 10.1. The lowest BCUT2D eigenvalue weighted by Gasteiger charge is -2.17. The highest BCUT2D eigenvalue weighted by molar-refractivity contribution is 6.31. The van der Waals surface area contributed by atoms with Gasteiger partial charge in [0.05, 0.1) is 11.7 Å². The van der Waals surface area contributed by atoms with Crippen LogP contribution in [0.4, 0.5) is 0 Å². The molecule has 0 spiro atoms. The molecule has 2 aromatic carbocycles. The number of aliphatic hydroxyl groups is 1. The summed E-state index contributed by atoms with van der Waals surface area (Å²) < 4.78 is 16.6. The van der Waals surface area contributed by atoms with E-state index < -0.39 is 18.2 Å². The first kappa shape index (κ1) is 24.7. The molecule has 31 heavy (non-hydrogen) atoms. The number of rotatable bonds is 12. The lowest BCUT2D eigenvalue weighted by molar-refractivity contribution is -0.153. The Morgan fingerprint density at radius 3 is 2.42 bits per heavy atom. The number of benzene rings is 2. The van der Waals surface area contributed by atoms with Crippen molar-refractivity contribution in [3.05, 3.63) is 58.6 Å². The molecule has 0 heterocycles. The van der Waals surface area contributed by atoms with Crippen LogP contribution in [0.15, 0.2) is 42.5 Å². The molecule has 2 N–H and O–H groups in total. The molecule has 0 radical (unpaired) electrons. The molecule has 0 fully saturated rings. The highest BCUT2D eigenvalue weighted by atomic mass is 35.5. The van der Waals surface area contributed by atoms with Crippen LogP contribution in [-0.4, -0.2) is 53.5 Å². The summed E-state index contributed by atoms with van der Waals surface area (Å²) in [5, 5.41) is 19.9. The van der Waals surface area contributed by atoms with E-state index in [0.29, 0.717) is 22.1 Å². The number of carbonyl (C=O) groups excluding carboxylic acids is 1. The Morgan fingerprint density at radius 2 is 1.77 bits per heavy atom. The third kappa shape index (κ3) is 8.20. The second-order valence-electron chi connectivity index (χ2n) is 7.34. The Morgan fingerprint density at radius 1 is 1.06 bits per heavy atom. The number of aliphatic hydroxyl groups excluding tert-OH is 1. The predicted octanol–water partition coefficient (Wildman–Crippen LogP) is 3.78. The normalized spacial score (nSPS) is 13.0. The number of Topliss-reactive ketones (excluding diaryl/α,β-unsaturated/α-hetero) is 1. The van der Waals surface area contributed by atoms with Gasteiger partial charge in [0.2, 0.25) is 0 Å². The molecule has 8 heteroatoms. The molecule has 2 rings (SSSR count). The van der Waals surface area contributed by atoms with Gasteiger partial charge in [0.25, 0.3) is 0 Å². The smallest absolute Gasteiger partial charge is 0.333 e. The van der Waals surface area contributed by atoms with Crippen molar-refractivity contribution in [2.75, 3.05) is 13.2 Å². The minimum Gasteiger partial charge on any atom is -0.491 e. The molecule has 7 nitrogen and oxygen atoms in total. The summed E-state index contributed by atoms with van der Waals surface area (Å²) in [4.78, 5) is 23.1. The van der Waals surface area contributed by atoms with Crippen LogP contribution in [-0.2, 0) is 16.0 Å². The Bertz CT molecular complexity index is 897. The van der Waals surface area contributed by atoms with Gasteiger partial charge in [-0.25, -0.2) is 4.79 Å². The SMILES string of the molecule is CC(=O)c1cc(Cl)ccc1OCC(O)COc1cccc(CC(OC(C)C)C(=O)O)c1. The third-order valence-corrected chi connectivity index (χ3v) is 4.46. The maximum atomic E-state index is 11.7. The van der Waals surface area contributed by atoms with Crippen LogP contribution in [0.1, 0.15) is 36.7 Å². The van der Waals surface area contributed by atoms with E-state index in [4.69, 9.17) is 25.8 Å². The highest BCUT2D eigenvalue weighted by Gasteiger charge is 2.20. The first-order valence-electron chi connectivity index (χ1n) is 9.87. The van der Waals surface area contributed by atoms with Crippen LogP contribution >= 0.6 is 11.6 Å². The van der Waals surface area contributed by atoms with E-state index in [1.54, 1.807) is 50.2 Å². The zero-order valence-corrected chi connectivity index (χ0v) is 18.5. The fourth-order valence-corrected chi connectivity index (χ4v) is 3.00. The number of carboxylic acids is 1. The van der Waals surface area contributed by atoms with Gasteiger partial charge in [-0.2, -0.15) is 0 Å². The van der Waals surface area contributed by atoms with E-state index in [0.717, 1.165) is 5.56 Å². The number of ether oxygens (including phenoxy) is 3. The van der Waals surface area contributed by atoms with Crippen molar-refractivity contribution in [2.24, 2.45) is 0 Å². The largest absolute Gasteiger partial charge is 0.491 e. The van der Waals surface area contributed by atoms with Crippen molar-refractivity contribution in [3.8, 4) is 11.5 Å². The lowest BCUT2D eigenvalue weighted by Crippen LogP contribution is -2.29. The summed E-state index contributed by atoms with van der Waals surface area (Å²) in [5.41, 5.74) is 1.08. The van der Waals surface area contributed by atoms with Gasteiger partial charge in [0.1, 0.15) is 30.8 Å². The second-order valence-corrected chi connectivity index (χ2v) is 7.77. The van der Waals surface area contributed by atoms with Gasteiger partial charge in [-0.05, 0) is 56.7 Å². The van der Waals surface area contributed by atoms with Crippen LogP contribution in [0, 0.1) is 0 Å². The summed E-state index contributed by atoms with van der Waals surface area (Å²) in [6, 6.07) is 11.6. The van der Waals surface area contributed by atoms with Crippen molar-refractivity contribution in [2.45, 2.75) is 45.5 Å². The molecule has 0 saturated carbocycles. The standard InChI is InChI=1S/C23H27ClO7/c1-14(2)31-22(23(27)28)10-16-5-4-6-19(9-16)29-12-18(26)13-30-21-8-7-17(24)11-20(21)15(3)25/h4-9,11,14,18,22,26H,10,12-13H2,1-3H3,(H,27,28). The van der Waals surface area contributed by atoms with Crippen molar-refractivity contribution in [1.29, 1.82) is 0 Å². The van der Waals surface area contributed by atoms with Gasteiger partial charge in [-0.15, -0.1) is 0 Å². The molecule has 0 aliphatic heterocycles. The molecule has 0 aliphatic carbocycles. The number of halogens is 1. The van der Waals surface area contributed by atoms with E-state index in [1.165, 1.54) is 13.0 Å². The summed E-state index contributed by atoms with van der Waals surface area (Å²) in [7, 11) is 0. The molecular weight excluding hydrogens is 424 g/mol. The monoisotopic (exact) mass is 450 g/mol. The molecule has 2 aromatic rings. The molecule has 168 valence electrons. The Hall–Kier alpha value is -2.61. The average molecular weight is 451 g/mol. The van der Waals surface area contributed by atoms with Crippen molar-refractivity contribution in [3.63, 3.8) is 0 Å². The number of hydrogen-bond acceptors (Lipinski definition) is 6. The fraction of sp³-hybridized carbons (Fsp3) is 0.391. The topological polar surface area (TPSA) is 102 Å². The van der Waals surface area contributed by atoms with Crippen LogP contribution in [0.3, 0.4) is 0 Å². The van der Waals surface area contributed by atoms with Gasteiger partial charge in [-0.3, -0.25) is 4.79 Å². The number of carbonyl (C=O) groups is 2. The summed E-state index contributed by atoms with van der Waals surface area (Å²) in [5.74, 6) is -0.398. The van der Waals surface area contributed by atoms with Crippen molar-refractivity contribution < 1.29 is 34.0 Å². The Kier molecular flexibility index (Phi) is 9.30. The predicted molar refractivity (Wildman–Crippen MR) is 116 cm³/mol. The Balaban J connectivity index is 1.91. The summed E-state index contributed by atoms with van der Waals surface area (Å²) in [6.45, 7) is 4.85. The Labute approximate surface area is 186 Å². The average Bonchev–Trinajstić information content (AvgIpc) is 2.70. The number of ketones is 1. The van der Waals surface area contributed by atoms with Crippen LogP contribution < -0.4 is 9.47 Å². The zero-order chi connectivity index (χ0) is 23.0. The maximum absolute atomic E-state index is 11.7. The fourth-order valence-electron chi connectivity index (χ4n) is 2.83. The van der Waals surface area contributed by atoms with Gasteiger partial charge in [0.15, 0.2) is 11.9 Å². The first-order chi connectivity index (χ1) is 14.7. The summed E-state index contributed by atoms with van der Waals surface area (Å²) >= 11 is 5.91. The van der Waals surface area contributed by atoms with Gasteiger partial charge < -0.3 is 24.4 Å². The molecule has 0 amide bonds. The number of hydrogen-bond donors (Lipinski definition) is 2. The highest BCUT2D eigenvalue weighted by Crippen LogP contribution is 2.24. The van der Waals surface area contributed by atoms with E-state index in [1.807, 2.05) is 0 Å². The van der Waals surface area contributed by atoms with Crippen molar-refractivity contribution >= 4 is 23.4 Å². The molecule has 0 aromatic heterocycles. The molecular formula is C23H27ClO7. The van der Waals surface area contributed by atoms with Crippen molar-refractivity contribution in [1.82, 2.24) is 0 Å². The van der Waals surface area contributed by atoms with E-state index in [9.17, 15) is 19.8 Å². The third-order valence-electron chi connectivity index (χ3n) is 4.23. The zero-order valence-electron chi connectivity index (χ0n) is 17.7. The second kappa shape index (κ2) is 11.7. The number of aliphatic carboxylic acids is 1. The molecule has 0 bridgehead atoms. The first-order valence-corrected chi connectivity index (χ1v) is 10.2. The molecule has 2 unspecified atom stereocenters.